The van der Waals surface area contributed by atoms with Gasteiger partial charge in [0.1, 0.15) is 0 Å². The van der Waals surface area contributed by atoms with E-state index >= 15 is 0 Å². The Bertz CT molecular complexity index is 407. The minimum atomic E-state index is -0.357. The van der Waals surface area contributed by atoms with Crippen molar-refractivity contribution in [1.29, 1.82) is 0 Å². The molecule has 1 aromatic rings. The lowest BCUT2D eigenvalue weighted by molar-refractivity contribution is -0.385. The van der Waals surface area contributed by atoms with Crippen molar-refractivity contribution in [2.75, 3.05) is 7.05 Å². The molecule has 17 heavy (non-hydrogen) atoms. The quantitative estimate of drug-likeness (QED) is 0.506. The summed E-state index contributed by atoms with van der Waals surface area (Å²) >= 11 is 2.16. The predicted octanol–water partition coefficient (Wildman–Crippen LogP) is 2.99. The Kier molecular flexibility index (Phi) is 5.32. The first kappa shape index (κ1) is 14.4. The maximum atomic E-state index is 10.6. The molecule has 1 rings (SSSR count). The summed E-state index contributed by atoms with van der Waals surface area (Å²) in [4.78, 5) is 10.3. The van der Waals surface area contributed by atoms with E-state index in [4.69, 9.17) is 0 Å². The molecule has 0 amide bonds. The van der Waals surface area contributed by atoms with Crippen LogP contribution in [0.1, 0.15) is 19.4 Å². The maximum Gasteiger partial charge on any atom is 0.270 e. The molecule has 0 bridgehead atoms. The lowest BCUT2D eigenvalue weighted by atomic mass is 9.96. The summed E-state index contributed by atoms with van der Waals surface area (Å²) < 4.78 is 0.956. The minimum Gasteiger partial charge on any atom is -0.316 e. The smallest absolute Gasteiger partial charge is 0.270 e. The lowest BCUT2D eigenvalue weighted by Crippen LogP contribution is -2.32. The summed E-state index contributed by atoms with van der Waals surface area (Å²) in [6, 6.07) is 5.45. The Morgan fingerprint density at radius 1 is 1.47 bits per heavy atom. The van der Waals surface area contributed by atoms with Crippen molar-refractivity contribution in [3.8, 4) is 0 Å². The molecule has 0 aliphatic heterocycles. The van der Waals surface area contributed by atoms with Crippen molar-refractivity contribution in [2.24, 2.45) is 5.92 Å². The van der Waals surface area contributed by atoms with Gasteiger partial charge in [0, 0.05) is 21.7 Å². The number of nitrogens with one attached hydrogen (secondary N) is 1. The Balaban J connectivity index is 2.89. The van der Waals surface area contributed by atoms with Crippen LogP contribution < -0.4 is 5.32 Å². The van der Waals surface area contributed by atoms with Crippen LogP contribution in [0, 0.1) is 19.6 Å². The number of halogens is 1. The fourth-order valence-electron chi connectivity index (χ4n) is 1.72. The molecule has 0 aliphatic rings. The van der Waals surface area contributed by atoms with Crippen LogP contribution in [0.3, 0.4) is 0 Å². The summed E-state index contributed by atoms with van der Waals surface area (Å²) in [5.41, 5.74) is 1.31. The minimum absolute atomic E-state index is 0.156. The van der Waals surface area contributed by atoms with Crippen LogP contribution in [-0.4, -0.2) is 18.0 Å². The summed E-state index contributed by atoms with van der Waals surface area (Å²) in [7, 11) is 1.95. The first-order valence-corrected chi connectivity index (χ1v) is 6.63. The second-order valence-corrected chi connectivity index (χ2v) is 5.54. The van der Waals surface area contributed by atoms with E-state index in [1.165, 1.54) is 0 Å². The highest BCUT2D eigenvalue weighted by molar-refractivity contribution is 14.1. The Morgan fingerprint density at radius 3 is 2.53 bits per heavy atom. The summed E-state index contributed by atoms with van der Waals surface area (Å²) in [6.07, 6.45) is 0.893. The number of nitrogens with zero attached hydrogens (tertiary/aromatic N) is 1. The number of benzene rings is 1. The van der Waals surface area contributed by atoms with Crippen LogP contribution in [0.15, 0.2) is 18.2 Å². The molecule has 0 aromatic heterocycles. The molecular weight excluding hydrogens is 331 g/mol. The maximum absolute atomic E-state index is 10.6. The number of hydrogen-bond donors (Lipinski definition) is 1. The van der Waals surface area contributed by atoms with Gasteiger partial charge in [-0.1, -0.05) is 19.9 Å². The SMILES string of the molecule is CNC(Cc1ccc([N+](=O)[O-])cc1I)C(C)C. The number of nitro groups is 1. The standard InChI is InChI=1S/C12H17IN2O2/c1-8(2)12(14-3)6-9-4-5-10(15(16)17)7-11(9)13/h4-5,7-8,12,14H,6H2,1-3H3. The summed E-state index contributed by atoms with van der Waals surface area (Å²) in [5.74, 6) is 0.533. The van der Waals surface area contributed by atoms with Crippen molar-refractivity contribution in [3.05, 3.63) is 37.4 Å². The van der Waals surface area contributed by atoms with E-state index in [9.17, 15) is 10.1 Å². The zero-order chi connectivity index (χ0) is 13.0. The number of likely N-dealkylation sites (N-methyl/N-ethyl adjacent to an activating group) is 1. The second kappa shape index (κ2) is 6.30. The molecule has 1 aromatic carbocycles. The van der Waals surface area contributed by atoms with Gasteiger partial charge in [-0.3, -0.25) is 10.1 Å². The largest absolute Gasteiger partial charge is 0.316 e. The van der Waals surface area contributed by atoms with E-state index < -0.39 is 0 Å². The highest BCUT2D eigenvalue weighted by Crippen LogP contribution is 2.22. The van der Waals surface area contributed by atoms with E-state index in [1.807, 2.05) is 13.1 Å². The van der Waals surface area contributed by atoms with E-state index in [0.29, 0.717) is 12.0 Å². The van der Waals surface area contributed by atoms with Gasteiger partial charge in [-0.25, -0.2) is 0 Å². The molecule has 1 N–H and O–H groups in total. The van der Waals surface area contributed by atoms with Crippen molar-refractivity contribution in [1.82, 2.24) is 5.32 Å². The van der Waals surface area contributed by atoms with Gasteiger partial charge in [-0.2, -0.15) is 0 Å². The van der Waals surface area contributed by atoms with Crippen LogP contribution in [0.5, 0.6) is 0 Å². The molecule has 0 saturated carbocycles. The number of hydrogen-bond acceptors (Lipinski definition) is 3. The van der Waals surface area contributed by atoms with E-state index in [2.05, 4.69) is 41.8 Å². The third kappa shape index (κ3) is 3.92. The van der Waals surface area contributed by atoms with Crippen molar-refractivity contribution in [2.45, 2.75) is 26.3 Å². The Hall–Kier alpha value is -0.690. The monoisotopic (exact) mass is 348 g/mol. The van der Waals surface area contributed by atoms with Crippen LogP contribution in [0.4, 0.5) is 5.69 Å². The molecule has 94 valence electrons. The van der Waals surface area contributed by atoms with E-state index in [0.717, 1.165) is 15.6 Å². The van der Waals surface area contributed by atoms with E-state index in [1.54, 1.807) is 12.1 Å². The van der Waals surface area contributed by atoms with Crippen LogP contribution in [0.25, 0.3) is 0 Å². The average Bonchev–Trinajstić information content (AvgIpc) is 2.26. The van der Waals surface area contributed by atoms with Gasteiger partial charge in [-0.05, 0) is 47.5 Å². The molecule has 5 heteroatoms. The highest BCUT2D eigenvalue weighted by atomic mass is 127. The molecular formula is C12H17IN2O2. The highest BCUT2D eigenvalue weighted by Gasteiger charge is 2.15. The second-order valence-electron chi connectivity index (χ2n) is 4.38. The number of non-ortho nitro benzene ring substituents is 1. The van der Waals surface area contributed by atoms with Crippen molar-refractivity contribution >= 4 is 28.3 Å². The molecule has 0 radical (unpaired) electrons. The van der Waals surface area contributed by atoms with Gasteiger partial charge in [0.15, 0.2) is 0 Å². The molecule has 4 nitrogen and oxygen atoms in total. The molecule has 0 aliphatic carbocycles. The van der Waals surface area contributed by atoms with Gasteiger partial charge in [0.2, 0.25) is 0 Å². The van der Waals surface area contributed by atoms with E-state index in [-0.39, 0.29) is 10.6 Å². The zero-order valence-electron chi connectivity index (χ0n) is 10.2. The number of nitro benzene ring substituents is 1. The molecule has 0 fully saturated rings. The first-order chi connectivity index (χ1) is 7.95. The molecule has 0 saturated heterocycles. The topological polar surface area (TPSA) is 55.2 Å². The molecule has 1 atom stereocenters. The lowest BCUT2D eigenvalue weighted by Gasteiger charge is -2.20. The summed E-state index contributed by atoms with van der Waals surface area (Å²) in [6.45, 7) is 4.33. The predicted molar refractivity (Wildman–Crippen MR) is 77.2 cm³/mol. The van der Waals surface area contributed by atoms with Gasteiger partial charge < -0.3 is 5.32 Å². The average molecular weight is 348 g/mol. The summed E-state index contributed by atoms with van der Waals surface area (Å²) in [5, 5.41) is 13.9. The van der Waals surface area contributed by atoms with Gasteiger partial charge in [0.05, 0.1) is 4.92 Å². The molecule has 0 heterocycles. The van der Waals surface area contributed by atoms with Crippen LogP contribution in [0.2, 0.25) is 0 Å². The first-order valence-electron chi connectivity index (χ1n) is 5.55. The number of rotatable bonds is 5. The van der Waals surface area contributed by atoms with Crippen LogP contribution in [-0.2, 0) is 6.42 Å². The van der Waals surface area contributed by atoms with Crippen molar-refractivity contribution < 1.29 is 4.92 Å². The van der Waals surface area contributed by atoms with Gasteiger partial charge >= 0.3 is 0 Å². The third-order valence-corrected chi connectivity index (χ3v) is 3.87. The van der Waals surface area contributed by atoms with Gasteiger partial charge in [0.25, 0.3) is 5.69 Å². The Morgan fingerprint density at radius 2 is 2.12 bits per heavy atom. The zero-order valence-corrected chi connectivity index (χ0v) is 12.4. The normalized spacial score (nSPS) is 12.8. The fourth-order valence-corrected chi connectivity index (χ4v) is 2.44. The van der Waals surface area contributed by atoms with Gasteiger partial charge in [-0.15, -0.1) is 0 Å². The Labute approximate surface area is 115 Å². The molecule has 0 spiro atoms. The fraction of sp³-hybridized carbons (Fsp3) is 0.500. The van der Waals surface area contributed by atoms with Crippen molar-refractivity contribution in [3.63, 3.8) is 0 Å². The molecule has 1 unspecified atom stereocenters. The third-order valence-electron chi connectivity index (χ3n) is 2.86. The van der Waals surface area contributed by atoms with Crippen LogP contribution >= 0.6 is 22.6 Å².